The molecule has 31 heavy (non-hydrogen) atoms. The lowest BCUT2D eigenvalue weighted by Gasteiger charge is -2.08. The molecule has 0 radical (unpaired) electrons. The van der Waals surface area contributed by atoms with Gasteiger partial charge in [0.25, 0.3) is 10.0 Å². The number of fused-ring (bicyclic) bond motifs is 2. The van der Waals surface area contributed by atoms with Gasteiger partial charge in [-0.25, -0.2) is 22.8 Å². The van der Waals surface area contributed by atoms with E-state index in [1.54, 1.807) is 12.1 Å². The van der Waals surface area contributed by atoms with Gasteiger partial charge in [0.15, 0.2) is 11.7 Å². The van der Waals surface area contributed by atoms with E-state index in [1.807, 2.05) is 24.3 Å². The summed E-state index contributed by atoms with van der Waals surface area (Å²) in [5.74, 6) is -0.185. The first kappa shape index (κ1) is 19.0. The van der Waals surface area contributed by atoms with Crippen molar-refractivity contribution in [1.82, 2.24) is 4.98 Å². The minimum Gasteiger partial charge on any atom is -0.494 e. The maximum Gasteiger partial charge on any atom is 0.261 e. The summed E-state index contributed by atoms with van der Waals surface area (Å²) in [6.45, 7) is 0. The van der Waals surface area contributed by atoms with Crippen molar-refractivity contribution < 1.29 is 17.9 Å². The van der Waals surface area contributed by atoms with Gasteiger partial charge in [-0.3, -0.25) is 4.72 Å². The smallest absolute Gasteiger partial charge is 0.261 e. The summed E-state index contributed by atoms with van der Waals surface area (Å²) < 4.78 is 41.1. The number of hydrogen-bond donors (Lipinski definition) is 3. The number of anilines is 1. The van der Waals surface area contributed by atoms with Gasteiger partial charge < -0.3 is 10.1 Å². The third-order valence-corrected chi connectivity index (χ3v) is 6.20. The highest BCUT2D eigenvalue weighted by atomic mass is 32.2. The number of aromatic hydroxyl groups is 1. The van der Waals surface area contributed by atoms with Gasteiger partial charge >= 0.3 is 0 Å². The predicted molar refractivity (Wildman–Crippen MR) is 114 cm³/mol. The van der Waals surface area contributed by atoms with Crippen LogP contribution in [0.3, 0.4) is 0 Å². The van der Waals surface area contributed by atoms with Gasteiger partial charge in [0.05, 0.1) is 15.6 Å². The quantitative estimate of drug-likeness (QED) is 0.459. The topological polar surface area (TPSA) is 107 Å². The lowest BCUT2D eigenvalue weighted by molar-refractivity contribution is 0.457. The van der Waals surface area contributed by atoms with Gasteiger partial charge in [0.2, 0.25) is 0 Å². The number of rotatable bonds is 4. The van der Waals surface area contributed by atoms with Gasteiger partial charge in [-0.1, -0.05) is 12.1 Å². The molecule has 0 aliphatic carbocycles. The number of halogens is 1. The second-order valence-electron chi connectivity index (χ2n) is 6.92. The summed E-state index contributed by atoms with van der Waals surface area (Å²) in [6.07, 6.45) is 1.60. The molecule has 0 saturated carbocycles. The predicted octanol–water partition coefficient (Wildman–Crippen LogP) is 3.06. The number of sulfonamides is 1. The SMILES string of the molecule is O=S(=O)(Nc1ccc(F)cc1)c1ccc2[nH]c(O)c(C=C3N=c4ccccc4=N3)c2c1. The Morgan fingerprint density at radius 1 is 0.968 bits per heavy atom. The molecule has 0 amide bonds. The van der Waals surface area contributed by atoms with E-state index in [0.717, 1.165) is 10.7 Å². The van der Waals surface area contributed by atoms with Crippen molar-refractivity contribution in [1.29, 1.82) is 0 Å². The maximum atomic E-state index is 13.1. The summed E-state index contributed by atoms with van der Waals surface area (Å²) in [6, 6.07) is 16.8. The Balaban J connectivity index is 1.56. The summed E-state index contributed by atoms with van der Waals surface area (Å²) in [7, 11) is -3.93. The standard InChI is InChI=1S/C22H15FN4O3S/c23-13-5-7-14(8-6-13)27-31(29,30)15-9-10-18-16(11-15)17(22(28)26-18)12-21-24-19-3-1-2-4-20(19)25-21/h1-12,26-28H. The monoisotopic (exact) mass is 434 g/mol. The molecule has 0 atom stereocenters. The molecule has 9 heteroatoms. The van der Waals surface area contributed by atoms with Crippen LogP contribution in [0.4, 0.5) is 10.1 Å². The molecule has 4 aromatic rings. The first-order chi connectivity index (χ1) is 14.9. The van der Waals surface area contributed by atoms with Crippen LogP contribution in [-0.4, -0.2) is 18.5 Å². The van der Waals surface area contributed by atoms with Gasteiger partial charge in [-0.05, 0) is 60.7 Å². The largest absolute Gasteiger partial charge is 0.494 e. The highest BCUT2D eigenvalue weighted by Crippen LogP contribution is 2.32. The van der Waals surface area contributed by atoms with Crippen LogP contribution in [0, 0.1) is 5.82 Å². The molecule has 3 N–H and O–H groups in total. The summed E-state index contributed by atoms with van der Waals surface area (Å²) >= 11 is 0. The van der Waals surface area contributed by atoms with Crippen LogP contribution in [-0.2, 0) is 10.0 Å². The van der Waals surface area contributed by atoms with Crippen LogP contribution in [0.2, 0.25) is 0 Å². The van der Waals surface area contributed by atoms with E-state index in [0.29, 0.717) is 22.3 Å². The summed E-state index contributed by atoms with van der Waals surface area (Å²) in [5.41, 5.74) is 1.17. The molecule has 3 aromatic carbocycles. The third kappa shape index (κ3) is 3.55. The average molecular weight is 434 g/mol. The van der Waals surface area contributed by atoms with Crippen molar-refractivity contribution >= 4 is 32.7 Å². The summed E-state index contributed by atoms with van der Waals surface area (Å²) in [5, 5.41) is 12.3. The Kier molecular flexibility index (Phi) is 4.33. The number of benzene rings is 3. The van der Waals surface area contributed by atoms with Crippen LogP contribution in [0.15, 0.2) is 87.4 Å². The van der Waals surface area contributed by atoms with Crippen LogP contribution in [0.5, 0.6) is 5.88 Å². The van der Waals surface area contributed by atoms with Crippen LogP contribution in [0.25, 0.3) is 17.0 Å². The Hall–Kier alpha value is -3.98. The molecule has 0 spiro atoms. The number of H-pyrrole nitrogens is 1. The first-order valence-corrected chi connectivity index (χ1v) is 10.7. The molecule has 2 heterocycles. The zero-order chi connectivity index (χ0) is 21.6. The number of para-hydroxylation sites is 2. The van der Waals surface area contributed by atoms with Crippen LogP contribution < -0.4 is 15.4 Å². The van der Waals surface area contributed by atoms with E-state index in [9.17, 15) is 17.9 Å². The molecule has 0 saturated heterocycles. The minimum atomic E-state index is -3.93. The highest BCUT2D eigenvalue weighted by Gasteiger charge is 2.18. The van der Waals surface area contributed by atoms with Gasteiger partial charge in [0, 0.05) is 22.2 Å². The van der Waals surface area contributed by atoms with Crippen molar-refractivity contribution in [2.45, 2.75) is 4.90 Å². The number of hydrogen-bond acceptors (Lipinski definition) is 5. The lowest BCUT2D eigenvalue weighted by atomic mass is 10.1. The van der Waals surface area contributed by atoms with E-state index < -0.39 is 15.8 Å². The van der Waals surface area contributed by atoms with Gasteiger partial charge in [0.1, 0.15) is 5.82 Å². The number of nitrogens with one attached hydrogen (secondary N) is 2. The van der Waals surface area contributed by atoms with E-state index in [-0.39, 0.29) is 16.5 Å². The highest BCUT2D eigenvalue weighted by molar-refractivity contribution is 7.92. The molecule has 7 nitrogen and oxygen atoms in total. The fourth-order valence-corrected chi connectivity index (χ4v) is 4.43. The van der Waals surface area contributed by atoms with E-state index in [4.69, 9.17) is 0 Å². The van der Waals surface area contributed by atoms with Gasteiger partial charge in [-0.15, -0.1) is 0 Å². The molecule has 5 rings (SSSR count). The number of aromatic amines is 1. The van der Waals surface area contributed by atoms with Crippen molar-refractivity contribution in [3.63, 3.8) is 0 Å². The van der Waals surface area contributed by atoms with Crippen molar-refractivity contribution in [2.24, 2.45) is 9.98 Å². The van der Waals surface area contributed by atoms with Gasteiger partial charge in [-0.2, -0.15) is 0 Å². The van der Waals surface area contributed by atoms with Crippen LogP contribution >= 0.6 is 0 Å². The Morgan fingerprint density at radius 3 is 2.32 bits per heavy atom. The molecule has 0 fully saturated rings. The molecule has 1 aromatic heterocycles. The number of aromatic nitrogens is 1. The Morgan fingerprint density at radius 2 is 1.65 bits per heavy atom. The molecule has 1 aliphatic heterocycles. The van der Waals surface area contributed by atoms with Crippen LogP contribution in [0.1, 0.15) is 5.56 Å². The van der Waals surface area contributed by atoms with E-state index in [1.165, 1.54) is 36.4 Å². The minimum absolute atomic E-state index is 0.00781. The maximum absolute atomic E-state index is 13.1. The second-order valence-corrected chi connectivity index (χ2v) is 8.60. The fraction of sp³-hybridized carbons (Fsp3) is 0. The molecule has 1 aliphatic rings. The lowest BCUT2D eigenvalue weighted by Crippen LogP contribution is -2.19. The Bertz CT molecular complexity index is 1550. The normalized spacial score (nSPS) is 12.9. The molecule has 0 unspecified atom stereocenters. The number of nitrogens with zero attached hydrogens (tertiary/aromatic N) is 2. The van der Waals surface area contributed by atoms with Crippen molar-refractivity contribution in [3.05, 3.63) is 94.6 Å². The second kappa shape index (κ2) is 7.06. The fourth-order valence-electron chi connectivity index (χ4n) is 3.34. The summed E-state index contributed by atoms with van der Waals surface area (Å²) in [4.78, 5) is 11.7. The van der Waals surface area contributed by atoms with Crippen molar-refractivity contribution in [3.8, 4) is 5.88 Å². The average Bonchev–Trinajstić information content (AvgIpc) is 3.29. The molecular formula is C22H15FN4O3S. The van der Waals surface area contributed by atoms with Crippen molar-refractivity contribution in [2.75, 3.05) is 4.72 Å². The Labute approximate surface area is 176 Å². The zero-order valence-electron chi connectivity index (χ0n) is 15.9. The third-order valence-electron chi connectivity index (χ3n) is 4.82. The first-order valence-electron chi connectivity index (χ1n) is 9.26. The zero-order valence-corrected chi connectivity index (χ0v) is 16.7. The van der Waals surface area contributed by atoms with E-state index in [2.05, 4.69) is 19.7 Å². The molecule has 0 bridgehead atoms. The molecular weight excluding hydrogens is 419 g/mol. The van der Waals surface area contributed by atoms with E-state index >= 15 is 0 Å². The molecule has 154 valence electrons.